The maximum Gasteiger partial charge on any atom is 0.303 e. The third-order valence-corrected chi connectivity index (χ3v) is 5.43. The zero-order valence-electron chi connectivity index (χ0n) is 13.7. The first-order valence-electron chi connectivity index (χ1n) is 8.76. The molecule has 128 valence electrons. The van der Waals surface area contributed by atoms with Crippen molar-refractivity contribution in [1.82, 2.24) is 10.1 Å². The van der Waals surface area contributed by atoms with E-state index in [9.17, 15) is 4.79 Å². The summed E-state index contributed by atoms with van der Waals surface area (Å²) in [6.45, 7) is 3.96. The molecule has 4 rings (SSSR count). The standard InChI is InChI=1S/C18H23N3O3/c22-17(23)8-6-13-5-7-14-12-21(10-9-20(14)11-13)18-15-3-1-2-4-16(15)24-19-18/h1-4,13-14H,5-12H2,(H,22,23). The van der Waals surface area contributed by atoms with Crippen LogP contribution in [0.4, 0.5) is 5.82 Å². The summed E-state index contributed by atoms with van der Waals surface area (Å²) in [5.41, 5.74) is 0.840. The van der Waals surface area contributed by atoms with Gasteiger partial charge in [0.2, 0.25) is 0 Å². The lowest BCUT2D eigenvalue weighted by Gasteiger charge is -2.46. The van der Waals surface area contributed by atoms with Gasteiger partial charge in [-0.3, -0.25) is 9.69 Å². The van der Waals surface area contributed by atoms with Gasteiger partial charge in [0.1, 0.15) is 0 Å². The zero-order valence-corrected chi connectivity index (χ0v) is 13.7. The number of fused-ring (bicyclic) bond motifs is 2. The Balaban J connectivity index is 1.41. The minimum Gasteiger partial charge on any atom is -0.481 e. The van der Waals surface area contributed by atoms with E-state index in [2.05, 4.69) is 21.0 Å². The van der Waals surface area contributed by atoms with Gasteiger partial charge in [-0.05, 0) is 37.3 Å². The van der Waals surface area contributed by atoms with Gasteiger partial charge in [-0.25, -0.2) is 0 Å². The minimum absolute atomic E-state index is 0.292. The Morgan fingerprint density at radius 2 is 2.12 bits per heavy atom. The summed E-state index contributed by atoms with van der Waals surface area (Å²) < 4.78 is 5.45. The summed E-state index contributed by atoms with van der Waals surface area (Å²) in [4.78, 5) is 15.6. The summed E-state index contributed by atoms with van der Waals surface area (Å²) in [7, 11) is 0. The molecule has 2 aromatic rings. The van der Waals surface area contributed by atoms with Crippen LogP contribution < -0.4 is 4.90 Å². The average Bonchev–Trinajstić information content (AvgIpc) is 3.03. The first-order valence-corrected chi connectivity index (χ1v) is 8.76. The monoisotopic (exact) mass is 329 g/mol. The topological polar surface area (TPSA) is 69.8 Å². The van der Waals surface area contributed by atoms with E-state index < -0.39 is 5.97 Å². The number of anilines is 1. The van der Waals surface area contributed by atoms with Gasteiger partial charge in [0.15, 0.2) is 11.4 Å². The van der Waals surface area contributed by atoms with Crippen LogP contribution >= 0.6 is 0 Å². The molecule has 0 spiro atoms. The number of hydrogen-bond donors (Lipinski definition) is 1. The van der Waals surface area contributed by atoms with Gasteiger partial charge in [0.25, 0.3) is 0 Å². The highest BCUT2D eigenvalue weighted by molar-refractivity contribution is 5.88. The van der Waals surface area contributed by atoms with E-state index in [0.717, 1.165) is 62.2 Å². The molecule has 1 aromatic heterocycles. The van der Waals surface area contributed by atoms with E-state index in [-0.39, 0.29) is 0 Å². The van der Waals surface area contributed by atoms with E-state index in [1.54, 1.807) is 0 Å². The number of piperidine rings is 1. The molecule has 6 nitrogen and oxygen atoms in total. The smallest absolute Gasteiger partial charge is 0.303 e. The molecule has 2 unspecified atom stereocenters. The molecule has 2 saturated heterocycles. The quantitative estimate of drug-likeness (QED) is 0.930. The van der Waals surface area contributed by atoms with Crippen LogP contribution in [0, 0.1) is 5.92 Å². The van der Waals surface area contributed by atoms with Crippen molar-refractivity contribution in [3.63, 3.8) is 0 Å². The SMILES string of the molecule is O=C(O)CCC1CCC2CN(c3noc4ccccc34)CCN2C1. The predicted molar refractivity (Wildman–Crippen MR) is 91.2 cm³/mol. The van der Waals surface area contributed by atoms with E-state index in [0.29, 0.717) is 18.4 Å². The molecule has 0 aliphatic carbocycles. The van der Waals surface area contributed by atoms with Gasteiger partial charge < -0.3 is 14.5 Å². The largest absolute Gasteiger partial charge is 0.481 e. The second-order valence-corrected chi connectivity index (χ2v) is 6.97. The highest BCUT2D eigenvalue weighted by atomic mass is 16.5. The van der Waals surface area contributed by atoms with E-state index in [1.807, 2.05) is 18.2 Å². The second-order valence-electron chi connectivity index (χ2n) is 6.97. The number of aliphatic carboxylic acids is 1. The van der Waals surface area contributed by atoms with E-state index in [4.69, 9.17) is 9.63 Å². The highest BCUT2D eigenvalue weighted by Gasteiger charge is 2.34. The molecule has 0 bridgehead atoms. The Hall–Kier alpha value is -2.08. The molecule has 2 aliphatic heterocycles. The molecule has 1 aromatic carbocycles. The van der Waals surface area contributed by atoms with Crippen LogP contribution in [0.3, 0.4) is 0 Å². The molecular weight excluding hydrogens is 306 g/mol. The molecule has 0 radical (unpaired) electrons. The Bertz CT molecular complexity index is 729. The van der Waals surface area contributed by atoms with Gasteiger partial charge in [0.05, 0.1) is 5.39 Å². The Morgan fingerprint density at radius 3 is 3.00 bits per heavy atom. The fourth-order valence-electron chi connectivity index (χ4n) is 4.11. The Labute approximate surface area is 141 Å². The summed E-state index contributed by atoms with van der Waals surface area (Å²) >= 11 is 0. The first-order chi connectivity index (χ1) is 11.7. The fraction of sp³-hybridized carbons (Fsp3) is 0.556. The summed E-state index contributed by atoms with van der Waals surface area (Å²) in [5, 5.41) is 14.2. The lowest BCUT2D eigenvalue weighted by molar-refractivity contribution is -0.137. The van der Waals surface area contributed by atoms with Gasteiger partial charge >= 0.3 is 5.97 Å². The highest BCUT2D eigenvalue weighted by Crippen LogP contribution is 2.32. The van der Waals surface area contributed by atoms with Gasteiger partial charge in [0, 0.05) is 38.6 Å². The molecule has 2 atom stereocenters. The van der Waals surface area contributed by atoms with Crippen molar-refractivity contribution in [2.24, 2.45) is 5.92 Å². The third kappa shape index (κ3) is 2.98. The van der Waals surface area contributed by atoms with E-state index in [1.165, 1.54) is 0 Å². The molecular formula is C18H23N3O3. The molecule has 0 saturated carbocycles. The Kier molecular flexibility index (Phi) is 4.14. The van der Waals surface area contributed by atoms with Crippen LogP contribution in [0.25, 0.3) is 11.0 Å². The number of benzene rings is 1. The number of piperazine rings is 1. The van der Waals surface area contributed by atoms with Crippen molar-refractivity contribution in [2.75, 3.05) is 31.1 Å². The van der Waals surface area contributed by atoms with Crippen molar-refractivity contribution >= 4 is 22.8 Å². The molecule has 24 heavy (non-hydrogen) atoms. The number of carboxylic acids is 1. The van der Waals surface area contributed by atoms with Crippen molar-refractivity contribution in [2.45, 2.75) is 31.7 Å². The molecule has 2 aliphatic rings. The number of nitrogens with zero attached hydrogens (tertiary/aromatic N) is 3. The summed E-state index contributed by atoms with van der Waals surface area (Å²) in [6, 6.07) is 8.54. The number of para-hydroxylation sites is 1. The van der Waals surface area contributed by atoms with Crippen molar-refractivity contribution in [1.29, 1.82) is 0 Å². The number of hydrogen-bond acceptors (Lipinski definition) is 5. The summed E-state index contributed by atoms with van der Waals surface area (Å²) in [5.74, 6) is 0.801. The van der Waals surface area contributed by atoms with Crippen LogP contribution in [0.2, 0.25) is 0 Å². The van der Waals surface area contributed by atoms with Gasteiger partial charge in [-0.1, -0.05) is 17.3 Å². The minimum atomic E-state index is -0.681. The van der Waals surface area contributed by atoms with Crippen LogP contribution in [-0.4, -0.2) is 53.4 Å². The summed E-state index contributed by atoms with van der Waals surface area (Å²) in [6.07, 6.45) is 3.36. The lowest BCUT2D eigenvalue weighted by Crippen LogP contribution is -2.56. The maximum absolute atomic E-state index is 10.8. The lowest BCUT2D eigenvalue weighted by atomic mass is 9.88. The molecule has 2 fully saturated rings. The third-order valence-electron chi connectivity index (χ3n) is 5.43. The molecule has 3 heterocycles. The van der Waals surface area contributed by atoms with Crippen LogP contribution in [0.5, 0.6) is 0 Å². The number of aromatic nitrogens is 1. The maximum atomic E-state index is 10.8. The zero-order chi connectivity index (χ0) is 16.5. The van der Waals surface area contributed by atoms with Crippen LogP contribution in [-0.2, 0) is 4.79 Å². The second kappa shape index (κ2) is 6.43. The molecule has 6 heteroatoms. The van der Waals surface area contributed by atoms with Crippen LogP contribution in [0.1, 0.15) is 25.7 Å². The number of rotatable bonds is 4. The molecule has 0 amide bonds. The number of carbonyl (C=O) groups is 1. The van der Waals surface area contributed by atoms with Gasteiger partial charge in [-0.15, -0.1) is 0 Å². The van der Waals surface area contributed by atoms with Crippen molar-refractivity contribution in [3.8, 4) is 0 Å². The fourth-order valence-corrected chi connectivity index (χ4v) is 4.11. The average molecular weight is 329 g/mol. The van der Waals surface area contributed by atoms with Crippen molar-refractivity contribution < 1.29 is 14.4 Å². The first kappa shape index (κ1) is 15.4. The predicted octanol–water partition coefficient (Wildman–Crippen LogP) is 2.59. The van der Waals surface area contributed by atoms with E-state index >= 15 is 0 Å². The van der Waals surface area contributed by atoms with Gasteiger partial charge in [-0.2, -0.15) is 0 Å². The number of carboxylic acid groups (broad SMARTS) is 1. The van der Waals surface area contributed by atoms with Crippen LogP contribution in [0.15, 0.2) is 28.8 Å². The normalized spacial score (nSPS) is 24.9. The van der Waals surface area contributed by atoms with Crippen molar-refractivity contribution in [3.05, 3.63) is 24.3 Å². The Morgan fingerprint density at radius 1 is 1.25 bits per heavy atom. The molecule has 1 N–H and O–H groups in total.